The molecular formula is C18H19NO. The largest absolute Gasteiger partial charge is 0.322 e. The Hall–Kier alpha value is -2.35. The van der Waals surface area contributed by atoms with Crippen molar-refractivity contribution in [2.45, 2.75) is 19.8 Å². The van der Waals surface area contributed by atoms with Crippen molar-refractivity contribution in [3.8, 4) is 0 Å². The van der Waals surface area contributed by atoms with Crippen molar-refractivity contribution in [3.63, 3.8) is 0 Å². The van der Waals surface area contributed by atoms with Crippen LogP contribution in [0.1, 0.15) is 34.3 Å². The summed E-state index contributed by atoms with van der Waals surface area (Å²) in [4.78, 5) is 12.3. The number of para-hydroxylation sites is 1. The number of nitrogens with one attached hydrogen (secondary N) is 1. The van der Waals surface area contributed by atoms with Crippen LogP contribution < -0.4 is 5.32 Å². The second-order valence-corrected chi connectivity index (χ2v) is 4.93. The minimum atomic E-state index is -0.0892. The summed E-state index contributed by atoms with van der Waals surface area (Å²) < 4.78 is 0. The summed E-state index contributed by atoms with van der Waals surface area (Å²) in [6, 6.07) is 15.4. The fourth-order valence-corrected chi connectivity index (χ4v) is 2.03. The number of amides is 1. The van der Waals surface area contributed by atoms with E-state index >= 15 is 0 Å². The van der Waals surface area contributed by atoms with E-state index < -0.39 is 0 Å². The van der Waals surface area contributed by atoms with Crippen molar-refractivity contribution in [3.05, 3.63) is 77.9 Å². The van der Waals surface area contributed by atoms with Gasteiger partial charge in [-0.05, 0) is 30.7 Å². The van der Waals surface area contributed by atoms with Gasteiger partial charge in [-0.25, -0.2) is 0 Å². The summed E-state index contributed by atoms with van der Waals surface area (Å²) >= 11 is 0. The summed E-state index contributed by atoms with van der Waals surface area (Å²) in [6.45, 7) is 7.87. The summed E-state index contributed by atoms with van der Waals surface area (Å²) in [5, 5.41) is 2.97. The number of carbonyl (C=O) groups excluding carboxylic acids is 1. The zero-order valence-electron chi connectivity index (χ0n) is 11.9. The molecule has 2 aromatic rings. The molecule has 0 spiro atoms. The van der Waals surface area contributed by atoms with E-state index in [-0.39, 0.29) is 11.8 Å². The summed E-state index contributed by atoms with van der Waals surface area (Å²) in [7, 11) is 0. The average Bonchev–Trinajstić information content (AvgIpc) is 2.47. The molecule has 0 bridgehead atoms. The molecule has 2 heteroatoms. The Morgan fingerprint density at radius 3 is 2.45 bits per heavy atom. The highest BCUT2D eigenvalue weighted by atomic mass is 16.1. The third-order valence-electron chi connectivity index (χ3n) is 3.37. The molecule has 1 amide bonds. The first kappa shape index (κ1) is 14.1. The number of aryl methyl sites for hydroxylation is 1. The topological polar surface area (TPSA) is 29.1 Å². The van der Waals surface area contributed by atoms with Crippen LogP contribution in [0.15, 0.2) is 61.2 Å². The van der Waals surface area contributed by atoms with Gasteiger partial charge in [0, 0.05) is 17.2 Å². The van der Waals surface area contributed by atoms with Crippen molar-refractivity contribution in [2.75, 3.05) is 5.32 Å². The molecule has 1 atom stereocenters. The summed E-state index contributed by atoms with van der Waals surface area (Å²) in [5.41, 5.74) is 3.72. The Morgan fingerprint density at radius 2 is 1.80 bits per heavy atom. The molecule has 0 fully saturated rings. The predicted molar refractivity (Wildman–Crippen MR) is 84.2 cm³/mol. The van der Waals surface area contributed by atoms with Gasteiger partial charge in [-0.15, -0.1) is 6.58 Å². The van der Waals surface area contributed by atoms with Crippen LogP contribution in [0.25, 0.3) is 0 Å². The number of benzene rings is 2. The molecule has 0 heterocycles. The fraction of sp³-hybridized carbons (Fsp3) is 0.167. The van der Waals surface area contributed by atoms with E-state index in [9.17, 15) is 4.79 Å². The second kappa shape index (κ2) is 6.20. The van der Waals surface area contributed by atoms with Gasteiger partial charge in [0.2, 0.25) is 0 Å². The molecule has 102 valence electrons. The lowest BCUT2D eigenvalue weighted by atomic mass is 9.99. The quantitative estimate of drug-likeness (QED) is 0.808. The van der Waals surface area contributed by atoms with Gasteiger partial charge in [0.15, 0.2) is 0 Å². The Kier molecular flexibility index (Phi) is 4.36. The van der Waals surface area contributed by atoms with Crippen LogP contribution in [0, 0.1) is 6.92 Å². The predicted octanol–water partition coefficient (Wildman–Crippen LogP) is 4.54. The zero-order valence-corrected chi connectivity index (χ0v) is 11.9. The Morgan fingerprint density at radius 1 is 1.15 bits per heavy atom. The van der Waals surface area contributed by atoms with Crippen molar-refractivity contribution in [2.24, 2.45) is 0 Å². The second-order valence-electron chi connectivity index (χ2n) is 4.93. The van der Waals surface area contributed by atoms with Crippen LogP contribution in [0.3, 0.4) is 0 Å². The molecule has 0 aliphatic carbocycles. The van der Waals surface area contributed by atoms with E-state index in [0.717, 1.165) is 16.8 Å². The van der Waals surface area contributed by atoms with Gasteiger partial charge in [-0.2, -0.15) is 0 Å². The van der Waals surface area contributed by atoms with E-state index in [1.165, 1.54) is 0 Å². The molecule has 20 heavy (non-hydrogen) atoms. The Bertz CT molecular complexity index is 614. The third-order valence-corrected chi connectivity index (χ3v) is 3.37. The number of anilines is 1. The molecule has 0 radical (unpaired) electrons. The molecule has 0 aromatic heterocycles. The fourth-order valence-electron chi connectivity index (χ4n) is 2.03. The van der Waals surface area contributed by atoms with E-state index in [1.807, 2.05) is 61.5 Å². The highest BCUT2D eigenvalue weighted by Crippen LogP contribution is 2.25. The summed E-state index contributed by atoms with van der Waals surface area (Å²) in [6.07, 6.45) is 1.87. The minimum Gasteiger partial charge on any atom is -0.322 e. The standard InChI is InChI=1S/C18H19NO/c1-4-14(3)16-7-5-6-8-17(16)19-18(20)15-11-9-13(2)10-12-15/h4-12,14H,1H2,2-3H3,(H,19,20). The van der Waals surface area contributed by atoms with E-state index in [0.29, 0.717) is 5.56 Å². The van der Waals surface area contributed by atoms with Gasteiger partial charge in [0.25, 0.3) is 5.91 Å². The van der Waals surface area contributed by atoms with Crippen LogP contribution in [-0.4, -0.2) is 5.91 Å². The normalized spacial score (nSPS) is 11.7. The highest BCUT2D eigenvalue weighted by Gasteiger charge is 2.11. The van der Waals surface area contributed by atoms with Crippen LogP contribution in [0.5, 0.6) is 0 Å². The lowest BCUT2D eigenvalue weighted by Gasteiger charge is -2.14. The molecule has 0 aliphatic heterocycles. The van der Waals surface area contributed by atoms with Gasteiger partial charge in [0.1, 0.15) is 0 Å². The number of carbonyl (C=O) groups is 1. The first-order chi connectivity index (χ1) is 9.61. The third kappa shape index (κ3) is 3.15. The van der Waals surface area contributed by atoms with E-state index in [1.54, 1.807) is 0 Å². The monoisotopic (exact) mass is 265 g/mol. The van der Waals surface area contributed by atoms with Crippen LogP contribution >= 0.6 is 0 Å². The van der Waals surface area contributed by atoms with E-state index in [4.69, 9.17) is 0 Å². The van der Waals surface area contributed by atoms with E-state index in [2.05, 4.69) is 18.8 Å². The smallest absolute Gasteiger partial charge is 0.255 e. The minimum absolute atomic E-state index is 0.0892. The molecule has 0 saturated heterocycles. The zero-order chi connectivity index (χ0) is 14.5. The van der Waals surface area contributed by atoms with Gasteiger partial charge >= 0.3 is 0 Å². The SMILES string of the molecule is C=CC(C)c1ccccc1NC(=O)c1ccc(C)cc1. The number of hydrogen-bond donors (Lipinski definition) is 1. The number of allylic oxidation sites excluding steroid dienone is 1. The van der Waals surface area contributed by atoms with Crippen LogP contribution in [0.2, 0.25) is 0 Å². The lowest BCUT2D eigenvalue weighted by molar-refractivity contribution is 0.102. The molecule has 1 N–H and O–H groups in total. The lowest BCUT2D eigenvalue weighted by Crippen LogP contribution is -2.13. The molecule has 0 aliphatic rings. The van der Waals surface area contributed by atoms with Crippen molar-refractivity contribution in [1.29, 1.82) is 0 Å². The average molecular weight is 265 g/mol. The first-order valence-electron chi connectivity index (χ1n) is 6.71. The van der Waals surface area contributed by atoms with Gasteiger partial charge < -0.3 is 5.32 Å². The Labute approximate surface area is 120 Å². The number of hydrogen-bond acceptors (Lipinski definition) is 1. The molecule has 2 nitrogen and oxygen atoms in total. The maximum Gasteiger partial charge on any atom is 0.255 e. The van der Waals surface area contributed by atoms with Crippen molar-refractivity contribution >= 4 is 11.6 Å². The number of rotatable bonds is 4. The van der Waals surface area contributed by atoms with Crippen LogP contribution in [-0.2, 0) is 0 Å². The van der Waals surface area contributed by atoms with Crippen molar-refractivity contribution in [1.82, 2.24) is 0 Å². The molecule has 2 rings (SSSR count). The molecule has 2 aromatic carbocycles. The maximum absolute atomic E-state index is 12.3. The molecular weight excluding hydrogens is 246 g/mol. The maximum atomic E-state index is 12.3. The van der Waals surface area contributed by atoms with Gasteiger partial charge in [-0.1, -0.05) is 48.9 Å². The molecule has 0 saturated carbocycles. The van der Waals surface area contributed by atoms with Gasteiger partial charge in [0.05, 0.1) is 0 Å². The molecule has 1 unspecified atom stereocenters. The van der Waals surface area contributed by atoms with Gasteiger partial charge in [-0.3, -0.25) is 4.79 Å². The van der Waals surface area contributed by atoms with Crippen molar-refractivity contribution < 1.29 is 4.79 Å². The summed E-state index contributed by atoms with van der Waals surface area (Å²) in [5.74, 6) is 0.109. The first-order valence-corrected chi connectivity index (χ1v) is 6.71. The highest BCUT2D eigenvalue weighted by molar-refractivity contribution is 6.04. The Balaban J connectivity index is 2.24. The van der Waals surface area contributed by atoms with Crippen LogP contribution in [0.4, 0.5) is 5.69 Å².